The van der Waals surface area contributed by atoms with E-state index in [9.17, 15) is 9.18 Å². The van der Waals surface area contributed by atoms with E-state index in [0.29, 0.717) is 11.4 Å². The smallest absolute Gasteiger partial charge is 0.324 e. The van der Waals surface area contributed by atoms with Crippen LogP contribution in [0.4, 0.5) is 26.5 Å². The molecule has 180 valence electrons. The van der Waals surface area contributed by atoms with Gasteiger partial charge in [0.25, 0.3) is 0 Å². The van der Waals surface area contributed by atoms with Crippen LogP contribution in [0.15, 0.2) is 60.9 Å². The van der Waals surface area contributed by atoms with Crippen LogP contribution in [0.2, 0.25) is 0 Å². The number of nitrogens with two attached hydrogens (primary N) is 1. The van der Waals surface area contributed by atoms with Gasteiger partial charge in [0.15, 0.2) is 0 Å². The van der Waals surface area contributed by atoms with Crippen LogP contribution in [0.3, 0.4) is 0 Å². The molecule has 0 aliphatic carbocycles. The lowest BCUT2D eigenvalue weighted by molar-refractivity contribution is 0.262. The molecule has 10 heteroatoms. The van der Waals surface area contributed by atoms with E-state index >= 15 is 0 Å². The summed E-state index contributed by atoms with van der Waals surface area (Å²) in [6.07, 6.45) is 1.26. The summed E-state index contributed by atoms with van der Waals surface area (Å²) in [5, 5.41) is 9.96. The van der Waals surface area contributed by atoms with E-state index in [-0.39, 0.29) is 28.5 Å². The van der Waals surface area contributed by atoms with Crippen molar-refractivity contribution in [2.75, 3.05) is 16.4 Å². The number of hydrogen-bond donors (Lipinski definition) is 3. The van der Waals surface area contributed by atoms with Crippen molar-refractivity contribution in [2.24, 2.45) is 0 Å². The fourth-order valence-corrected chi connectivity index (χ4v) is 3.19. The number of carbonyl (C=O) groups is 1. The highest BCUT2D eigenvalue weighted by molar-refractivity contribution is 5.99. The number of hydrogen-bond acceptors (Lipinski definition) is 6. The van der Waals surface area contributed by atoms with Crippen molar-refractivity contribution in [3.63, 3.8) is 0 Å². The molecule has 2 aromatic heterocycles. The molecule has 0 atom stereocenters. The van der Waals surface area contributed by atoms with Crippen molar-refractivity contribution in [1.29, 1.82) is 0 Å². The molecule has 0 bridgehead atoms. The molecule has 4 aromatic rings. The number of ether oxygens (including phenoxy) is 1. The number of para-hydroxylation sites is 1. The molecular weight excluding hydrogens is 449 g/mol. The summed E-state index contributed by atoms with van der Waals surface area (Å²) in [6.45, 7) is 7.80. The van der Waals surface area contributed by atoms with Crippen LogP contribution in [0.25, 0.3) is 5.69 Å². The largest absolute Gasteiger partial charge is 0.438 e. The molecule has 0 saturated heterocycles. The van der Waals surface area contributed by atoms with E-state index < -0.39 is 11.8 Å². The minimum atomic E-state index is -0.677. The van der Waals surface area contributed by atoms with Crippen molar-refractivity contribution in [2.45, 2.75) is 33.1 Å². The molecule has 0 aliphatic heterocycles. The van der Waals surface area contributed by atoms with Gasteiger partial charge >= 0.3 is 6.03 Å². The fraction of sp³-hybridized carbons (Fsp3) is 0.200. The molecule has 2 heterocycles. The van der Waals surface area contributed by atoms with Crippen molar-refractivity contribution in [3.05, 3.63) is 78.0 Å². The van der Waals surface area contributed by atoms with Crippen molar-refractivity contribution in [3.8, 4) is 17.3 Å². The summed E-state index contributed by atoms with van der Waals surface area (Å²) >= 11 is 0. The predicted octanol–water partition coefficient (Wildman–Crippen LogP) is 5.43. The van der Waals surface area contributed by atoms with E-state index in [1.807, 2.05) is 51.1 Å². The van der Waals surface area contributed by atoms with Crippen LogP contribution in [0.1, 0.15) is 32.0 Å². The third kappa shape index (κ3) is 5.37. The molecule has 0 aliphatic rings. The molecule has 4 N–H and O–H groups in total. The molecule has 2 amide bonds. The molecule has 0 saturated carbocycles. The van der Waals surface area contributed by atoms with Gasteiger partial charge in [-0.05, 0) is 31.2 Å². The van der Waals surface area contributed by atoms with E-state index in [2.05, 4.69) is 25.7 Å². The quantitative estimate of drug-likeness (QED) is 0.354. The molecule has 0 fully saturated rings. The number of benzene rings is 2. The van der Waals surface area contributed by atoms with Gasteiger partial charge in [-0.15, -0.1) is 0 Å². The molecule has 0 radical (unpaired) electrons. The second-order valence-corrected chi connectivity index (χ2v) is 8.92. The summed E-state index contributed by atoms with van der Waals surface area (Å²) in [5.74, 6) is 0.473. The van der Waals surface area contributed by atoms with E-state index in [4.69, 9.17) is 10.5 Å². The number of urea groups is 1. The second-order valence-electron chi connectivity index (χ2n) is 8.92. The van der Waals surface area contributed by atoms with Crippen LogP contribution in [0.5, 0.6) is 11.6 Å². The summed E-state index contributed by atoms with van der Waals surface area (Å²) in [4.78, 5) is 20.6. The van der Waals surface area contributed by atoms with Gasteiger partial charge < -0.3 is 15.8 Å². The SMILES string of the molecule is Cc1c(N)ncnc1Oc1ccc(NC(=O)Nc2cc(C(C)(C)C)nn2-c2ccccc2)c(F)c1. The minimum Gasteiger partial charge on any atom is -0.438 e. The number of nitrogens with one attached hydrogen (secondary N) is 2. The Bertz CT molecular complexity index is 1360. The highest BCUT2D eigenvalue weighted by atomic mass is 19.1. The van der Waals surface area contributed by atoms with Crippen LogP contribution in [-0.4, -0.2) is 25.8 Å². The van der Waals surface area contributed by atoms with E-state index in [1.165, 1.54) is 18.5 Å². The van der Waals surface area contributed by atoms with Gasteiger partial charge in [-0.25, -0.2) is 23.8 Å². The first kappa shape index (κ1) is 23.7. The van der Waals surface area contributed by atoms with Gasteiger partial charge in [0.1, 0.15) is 29.5 Å². The lowest BCUT2D eigenvalue weighted by Crippen LogP contribution is -2.22. The number of halogens is 1. The van der Waals surface area contributed by atoms with Crippen LogP contribution in [0, 0.1) is 12.7 Å². The molecule has 4 rings (SSSR count). The third-order valence-electron chi connectivity index (χ3n) is 5.20. The average molecular weight is 476 g/mol. The zero-order valence-corrected chi connectivity index (χ0v) is 19.8. The number of aromatic nitrogens is 4. The zero-order valence-electron chi connectivity index (χ0n) is 19.8. The Labute approximate surface area is 202 Å². The van der Waals surface area contributed by atoms with Gasteiger partial charge in [0.2, 0.25) is 5.88 Å². The van der Waals surface area contributed by atoms with Gasteiger partial charge in [0.05, 0.1) is 22.6 Å². The maximum absolute atomic E-state index is 14.7. The third-order valence-corrected chi connectivity index (χ3v) is 5.20. The van der Waals surface area contributed by atoms with E-state index in [1.54, 1.807) is 17.7 Å². The monoisotopic (exact) mass is 475 g/mol. The van der Waals surface area contributed by atoms with Crippen LogP contribution in [-0.2, 0) is 5.41 Å². The number of carbonyl (C=O) groups excluding carboxylic acids is 1. The number of amides is 2. The predicted molar refractivity (Wildman–Crippen MR) is 133 cm³/mol. The van der Waals surface area contributed by atoms with Gasteiger partial charge in [-0.3, -0.25) is 5.32 Å². The van der Waals surface area contributed by atoms with Crippen LogP contribution < -0.4 is 21.1 Å². The maximum Gasteiger partial charge on any atom is 0.324 e. The Kier molecular flexibility index (Phi) is 6.37. The van der Waals surface area contributed by atoms with Crippen molar-refractivity contribution in [1.82, 2.24) is 19.7 Å². The molecule has 9 nitrogen and oxygen atoms in total. The first-order chi connectivity index (χ1) is 16.6. The van der Waals surface area contributed by atoms with Crippen molar-refractivity contribution < 1.29 is 13.9 Å². The van der Waals surface area contributed by atoms with Gasteiger partial charge in [0, 0.05) is 17.5 Å². The normalized spacial score (nSPS) is 11.2. The Morgan fingerprint density at radius 2 is 1.80 bits per heavy atom. The number of rotatable bonds is 5. The molecule has 2 aromatic carbocycles. The Balaban J connectivity index is 1.52. The Morgan fingerprint density at radius 3 is 2.49 bits per heavy atom. The first-order valence-corrected chi connectivity index (χ1v) is 10.9. The molecule has 35 heavy (non-hydrogen) atoms. The van der Waals surface area contributed by atoms with Crippen molar-refractivity contribution >= 4 is 23.4 Å². The number of nitrogen functional groups attached to an aromatic ring is 1. The lowest BCUT2D eigenvalue weighted by atomic mass is 9.92. The molecule has 0 spiro atoms. The average Bonchev–Trinajstić information content (AvgIpc) is 3.23. The Hall–Kier alpha value is -4.47. The van der Waals surface area contributed by atoms with E-state index in [0.717, 1.165) is 17.4 Å². The number of anilines is 3. The Morgan fingerprint density at radius 1 is 1.06 bits per heavy atom. The summed E-state index contributed by atoms with van der Waals surface area (Å²) < 4.78 is 22.0. The highest BCUT2D eigenvalue weighted by Gasteiger charge is 2.22. The maximum atomic E-state index is 14.7. The summed E-state index contributed by atoms with van der Waals surface area (Å²) in [7, 11) is 0. The molecule has 0 unspecified atom stereocenters. The molecular formula is C25H26FN7O2. The lowest BCUT2D eigenvalue weighted by Gasteiger charge is -2.14. The summed E-state index contributed by atoms with van der Waals surface area (Å²) in [6, 6.07) is 14.7. The minimum absolute atomic E-state index is 0.0180. The standard InChI is InChI=1S/C25H26FN7O2/c1-15-22(27)28-14-29-23(15)35-17-10-11-19(18(26)12-17)30-24(34)31-21-13-20(25(2,3)4)32-33(21)16-8-6-5-7-9-16/h5-14H,1-4H3,(H2,27,28,29)(H2,30,31,34). The highest BCUT2D eigenvalue weighted by Crippen LogP contribution is 2.29. The fourth-order valence-electron chi connectivity index (χ4n) is 3.19. The van der Waals surface area contributed by atoms with Crippen LogP contribution >= 0.6 is 0 Å². The topological polar surface area (TPSA) is 120 Å². The van der Waals surface area contributed by atoms with Gasteiger partial charge in [-0.1, -0.05) is 39.0 Å². The van der Waals surface area contributed by atoms with Gasteiger partial charge in [-0.2, -0.15) is 5.10 Å². The second kappa shape index (κ2) is 9.41. The first-order valence-electron chi connectivity index (χ1n) is 10.9. The summed E-state index contributed by atoms with van der Waals surface area (Å²) in [5.41, 5.74) is 7.62. The number of nitrogens with zero attached hydrogens (tertiary/aromatic N) is 4. The zero-order chi connectivity index (χ0) is 25.2.